The van der Waals surface area contributed by atoms with Crippen molar-refractivity contribution in [3.8, 4) is 0 Å². The van der Waals surface area contributed by atoms with Crippen molar-refractivity contribution in [1.29, 1.82) is 0 Å². The zero-order valence-corrected chi connectivity index (χ0v) is 14.2. The van der Waals surface area contributed by atoms with E-state index in [9.17, 15) is 4.79 Å². The SMILES string of the molecule is COC(=O)c1cc(C2=CCC(=CNC(C)C)C=C2)cc2[nH]ccc12. The molecule has 4 nitrogen and oxygen atoms in total. The molecule has 0 radical (unpaired) electrons. The van der Waals surface area contributed by atoms with Gasteiger partial charge in [0, 0.05) is 29.3 Å². The third-order valence-electron chi connectivity index (χ3n) is 4.04. The van der Waals surface area contributed by atoms with E-state index in [1.807, 2.05) is 18.3 Å². The number of aromatic amines is 1. The summed E-state index contributed by atoms with van der Waals surface area (Å²) >= 11 is 0. The van der Waals surface area contributed by atoms with Crippen LogP contribution in [0, 0.1) is 0 Å². The van der Waals surface area contributed by atoms with Crippen LogP contribution in [0.15, 0.2) is 54.4 Å². The van der Waals surface area contributed by atoms with E-state index in [1.54, 1.807) is 0 Å². The molecule has 0 saturated heterocycles. The number of ether oxygens (including phenoxy) is 1. The van der Waals surface area contributed by atoms with Crippen molar-refractivity contribution in [2.24, 2.45) is 0 Å². The Hall–Kier alpha value is -2.75. The van der Waals surface area contributed by atoms with Gasteiger partial charge in [-0.25, -0.2) is 4.79 Å². The molecule has 0 atom stereocenters. The summed E-state index contributed by atoms with van der Waals surface area (Å²) in [6, 6.07) is 6.29. The quantitative estimate of drug-likeness (QED) is 0.830. The summed E-state index contributed by atoms with van der Waals surface area (Å²) in [5, 5.41) is 4.20. The van der Waals surface area contributed by atoms with E-state index >= 15 is 0 Å². The molecule has 4 heteroatoms. The zero-order valence-electron chi connectivity index (χ0n) is 14.2. The molecule has 1 heterocycles. The van der Waals surface area contributed by atoms with E-state index in [4.69, 9.17) is 4.74 Å². The number of H-pyrrole nitrogens is 1. The van der Waals surface area contributed by atoms with Gasteiger partial charge in [0.25, 0.3) is 0 Å². The lowest BCUT2D eigenvalue weighted by Crippen LogP contribution is -2.16. The van der Waals surface area contributed by atoms with Gasteiger partial charge >= 0.3 is 5.97 Å². The molecular weight excluding hydrogens is 300 g/mol. The Bertz CT molecular complexity index is 854. The summed E-state index contributed by atoms with van der Waals surface area (Å²) in [5.41, 5.74) is 4.88. The van der Waals surface area contributed by atoms with Gasteiger partial charge in [-0.1, -0.05) is 18.2 Å². The largest absolute Gasteiger partial charge is 0.465 e. The van der Waals surface area contributed by atoms with E-state index in [-0.39, 0.29) is 5.97 Å². The van der Waals surface area contributed by atoms with Gasteiger partial charge in [0.1, 0.15) is 0 Å². The molecule has 1 aromatic carbocycles. The van der Waals surface area contributed by atoms with Gasteiger partial charge in [-0.2, -0.15) is 0 Å². The highest BCUT2D eigenvalue weighted by atomic mass is 16.5. The Kier molecular flexibility index (Phi) is 4.56. The van der Waals surface area contributed by atoms with E-state index in [0.29, 0.717) is 11.6 Å². The molecule has 24 heavy (non-hydrogen) atoms. The number of allylic oxidation sites excluding steroid dienone is 5. The predicted molar refractivity (Wildman–Crippen MR) is 97.7 cm³/mol. The minimum atomic E-state index is -0.316. The molecule has 1 aliphatic carbocycles. The van der Waals surface area contributed by atoms with Crippen molar-refractivity contribution in [1.82, 2.24) is 10.3 Å². The Morgan fingerprint density at radius 2 is 2.17 bits per heavy atom. The van der Waals surface area contributed by atoms with Crippen LogP contribution in [0.4, 0.5) is 0 Å². The van der Waals surface area contributed by atoms with Crippen molar-refractivity contribution in [3.05, 3.63) is 65.5 Å². The van der Waals surface area contributed by atoms with Crippen molar-refractivity contribution >= 4 is 22.4 Å². The fraction of sp³-hybridized carbons (Fsp3) is 0.250. The van der Waals surface area contributed by atoms with Gasteiger partial charge in [0.15, 0.2) is 0 Å². The van der Waals surface area contributed by atoms with E-state index in [0.717, 1.165) is 28.5 Å². The Morgan fingerprint density at radius 3 is 2.83 bits per heavy atom. The highest BCUT2D eigenvalue weighted by molar-refractivity contribution is 6.05. The molecule has 0 unspecified atom stereocenters. The molecule has 124 valence electrons. The lowest BCUT2D eigenvalue weighted by atomic mass is 9.94. The lowest BCUT2D eigenvalue weighted by Gasteiger charge is -2.13. The second-order valence-electron chi connectivity index (χ2n) is 6.19. The Labute approximate surface area is 141 Å². The van der Waals surface area contributed by atoms with Crippen LogP contribution in [0.1, 0.15) is 36.2 Å². The van der Waals surface area contributed by atoms with Gasteiger partial charge in [-0.3, -0.25) is 0 Å². The minimum absolute atomic E-state index is 0.316. The van der Waals surface area contributed by atoms with E-state index in [2.05, 4.69) is 54.6 Å². The van der Waals surface area contributed by atoms with Crippen LogP contribution in [0.2, 0.25) is 0 Å². The lowest BCUT2D eigenvalue weighted by molar-refractivity contribution is 0.0603. The number of methoxy groups -OCH3 is 1. The Morgan fingerprint density at radius 1 is 1.33 bits per heavy atom. The normalized spacial score (nSPS) is 15.8. The van der Waals surface area contributed by atoms with Crippen LogP contribution in [0.3, 0.4) is 0 Å². The molecule has 0 fully saturated rings. The molecular formula is C20H22N2O2. The number of benzene rings is 1. The molecule has 0 aliphatic heterocycles. The van der Waals surface area contributed by atoms with Gasteiger partial charge in [0.2, 0.25) is 0 Å². The molecule has 0 spiro atoms. The third kappa shape index (κ3) is 3.27. The summed E-state index contributed by atoms with van der Waals surface area (Å²) in [7, 11) is 1.41. The second-order valence-corrected chi connectivity index (χ2v) is 6.19. The second kappa shape index (κ2) is 6.79. The summed E-state index contributed by atoms with van der Waals surface area (Å²) in [6.45, 7) is 4.23. The highest BCUT2D eigenvalue weighted by Crippen LogP contribution is 2.29. The minimum Gasteiger partial charge on any atom is -0.465 e. The van der Waals surface area contributed by atoms with Crippen LogP contribution in [0.5, 0.6) is 0 Å². The topological polar surface area (TPSA) is 54.1 Å². The Balaban J connectivity index is 1.92. The van der Waals surface area contributed by atoms with Crippen molar-refractivity contribution in [2.75, 3.05) is 7.11 Å². The summed E-state index contributed by atoms with van der Waals surface area (Å²) in [6.07, 6.45) is 11.1. The molecule has 0 saturated carbocycles. The summed E-state index contributed by atoms with van der Waals surface area (Å²) in [5.74, 6) is -0.316. The van der Waals surface area contributed by atoms with Crippen molar-refractivity contribution in [2.45, 2.75) is 26.3 Å². The van der Waals surface area contributed by atoms with E-state index in [1.165, 1.54) is 12.7 Å². The zero-order chi connectivity index (χ0) is 17.1. The monoisotopic (exact) mass is 322 g/mol. The molecule has 3 rings (SSSR count). The van der Waals surface area contributed by atoms with Gasteiger partial charge in [0.05, 0.1) is 12.7 Å². The number of carbonyl (C=O) groups excluding carboxylic acids is 1. The van der Waals surface area contributed by atoms with Crippen molar-refractivity contribution in [3.63, 3.8) is 0 Å². The van der Waals surface area contributed by atoms with Crippen LogP contribution < -0.4 is 5.32 Å². The fourth-order valence-corrected chi connectivity index (χ4v) is 2.77. The van der Waals surface area contributed by atoms with Crippen LogP contribution in [-0.4, -0.2) is 24.1 Å². The molecule has 2 aromatic rings. The average Bonchev–Trinajstić information content (AvgIpc) is 3.07. The number of hydrogen-bond donors (Lipinski definition) is 2. The maximum absolute atomic E-state index is 12.1. The standard InChI is InChI=1S/C20H22N2O2/c1-13(2)22-12-14-4-6-15(7-5-14)16-10-18(20(23)24-3)17-8-9-21-19(17)11-16/h4,6-13,21-22H,5H2,1-3H3. The number of aromatic nitrogens is 1. The average molecular weight is 322 g/mol. The third-order valence-corrected chi connectivity index (χ3v) is 4.04. The first-order valence-electron chi connectivity index (χ1n) is 8.11. The molecule has 1 aromatic heterocycles. The number of nitrogens with one attached hydrogen (secondary N) is 2. The first-order valence-corrected chi connectivity index (χ1v) is 8.11. The van der Waals surface area contributed by atoms with Gasteiger partial charge < -0.3 is 15.0 Å². The van der Waals surface area contributed by atoms with Gasteiger partial charge in [-0.05, 0) is 55.2 Å². The van der Waals surface area contributed by atoms with E-state index < -0.39 is 0 Å². The first-order chi connectivity index (χ1) is 11.6. The smallest absolute Gasteiger partial charge is 0.338 e. The fourth-order valence-electron chi connectivity index (χ4n) is 2.77. The van der Waals surface area contributed by atoms with Crippen LogP contribution >= 0.6 is 0 Å². The molecule has 2 N–H and O–H groups in total. The van der Waals surface area contributed by atoms with Crippen LogP contribution in [0.25, 0.3) is 16.5 Å². The van der Waals surface area contributed by atoms with Crippen molar-refractivity contribution < 1.29 is 9.53 Å². The molecule has 0 bridgehead atoms. The van der Waals surface area contributed by atoms with Gasteiger partial charge in [-0.15, -0.1) is 0 Å². The number of carbonyl (C=O) groups is 1. The molecule has 0 amide bonds. The summed E-state index contributed by atoms with van der Waals surface area (Å²) < 4.78 is 4.92. The molecule has 1 aliphatic rings. The number of esters is 1. The maximum atomic E-state index is 12.1. The number of hydrogen-bond acceptors (Lipinski definition) is 3. The number of fused-ring (bicyclic) bond motifs is 1. The predicted octanol–water partition coefficient (Wildman–Crippen LogP) is 4.18. The van der Waals surface area contributed by atoms with Crippen LogP contribution in [-0.2, 0) is 4.74 Å². The summed E-state index contributed by atoms with van der Waals surface area (Å²) in [4.78, 5) is 15.2. The maximum Gasteiger partial charge on any atom is 0.338 e. The highest BCUT2D eigenvalue weighted by Gasteiger charge is 2.14. The number of rotatable bonds is 4. The first kappa shape index (κ1) is 16.1.